The van der Waals surface area contributed by atoms with Crippen LogP contribution in [0.25, 0.3) is 0 Å². The van der Waals surface area contributed by atoms with Crippen LogP contribution >= 0.6 is 0 Å². The van der Waals surface area contributed by atoms with Gasteiger partial charge in [0.15, 0.2) is 11.5 Å². The molecule has 18 heavy (non-hydrogen) atoms. The fourth-order valence-corrected chi connectivity index (χ4v) is 1.80. The highest BCUT2D eigenvalue weighted by Crippen LogP contribution is 2.32. The Morgan fingerprint density at radius 3 is 2.67 bits per heavy atom. The summed E-state index contributed by atoms with van der Waals surface area (Å²) >= 11 is 0. The second-order valence-corrected chi connectivity index (χ2v) is 4.46. The van der Waals surface area contributed by atoms with E-state index in [2.05, 4.69) is 45.1 Å². The first kappa shape index (κ1) is 14.6. The van der Waals surface area contributed by atoms with Crippen molar-refractivity contribution >= 4 is 0 Å². The van der Waals surface area contributed by atoms with Crippen molar-refractivity contribution in [3.05, 3.63) is 35.9 Å². The van der Waals surface area contributed by atoms with Gasteiger partial charge in [-0.25, -0.2) is 0 Å². The SMILES string of the molecule is C/C=C\CC(C)c1ccc(OCCC)c(OC)c1. The minimum atomic E-state index is 0.496. The molecule has 100 valence electrons. The Balaban J connectivity index is 2.83. The molecular formula is C16H24O2. The Morgan fingerprint density at radius 1 is 1.28 bits per heavy atom. The van der Waals surface area contributed by atoms with Crippen molar-refractivity contribution in [1.29, 1.82) is 0 Å². The summed E-state index contributed by atoms with van der Waals surface area (Å²) in [5.41, 5.74) is 1.29. The van der Waals surface area contributed by atoms with Crippen LogP contribution in [0.3, 0.4) is 0 Å². The van der Waals surface area contributed by atoms with Gasteiger partial charge >= 0.3 is 0 Å². The van der Waals surface area contributed by atoms with Crippen molar-refractivity contribution in [2.75, 3.05) is 13.7 Å². The smallest absolute Gasteiger partial charge is 0.161 e. The van der Waals surface area contributed by atoms with E-state index in [0.717, 1.165) is 30.9 Å². The van der Waals surface area contributed by atoms with Crippen molar-refractivity contribution in [1.82, 2.24) is 0 Å². The van der Waals surface area contributed by atoms with Gasteiger partial charge in [-0.15, -0.1) is 0 Å². The van der Waals surface area contributed by atoms with Gasteiger partial charge in [0.25, 0.3) is 0 Å². The molecule has 0 fully saturated rings. The van der Waals surface area contributed by atoms with Crippen molar-refractivity contribution in [2.45, 2.75) is 39.5 Å². The van der Waals surface area contributed by atoms with E-state index in [1.165, 1.54) is 5.56 Å². The van der Waals surface area contributed by atoms with E-state index in [1.807, 2.05) is 6.07 Å². The number of hydrogen-bond donors (Lipinski definition) is 0. The average Bonchev–Trinajstić information content (AvgIpc) is 2.42. The van der Waals surface area contributed by atoms with Gasteiger partial charge < -0.3 is 9.47 Å². The topological polar surface area (TPSA) is 18.5 Å². The fourth-order valence-electron chi connectivity index (χ4n) is 1.80. The van der Waals surface area contributed by atoms with Crippen LogP contribution in [0.5, 0.6) is 11.5 Å². The van der Waals surface area contributed by atoms with Crippen LogP contribution in [-0.2, 0) is 0 Å². The average molecular weight is 248 g/mol. The van der Waals surface area contributed by atoms with Crippen LogP contribution in [0.15, 0.2) is 30.4 Å². The molecular weight excluding hydrogens is 224 g/mol. The summed E-state index contributed by atoms with van der Waals surface area (Å²) in [5, 5.41) is 0. The lowest BCUT2D eigenvalue weighted by Gasteiger charge is -2.14. The number of methoxy groups -OCH3 is 1. The summed E-state index contributed by atoms with van der Waals surface area (Å²) in [5.74, 6) is 2.16. The van der Waals surface area contributed by atoms with Gasteiger partial charge in [-0.1, -0.05) is 32.1 Å². The Bertz CT molecular complexity index is 383. The van der Waals surface area contributed by atoms with Gasteiger partial charge in [0.2, 0.25) is 0 Å². The van der Waals surface area contributed by atoms with Gasteiger partial charge in [0.05, 0.1) is 13.7 Å². The summed E-state index contributed by atoms with van der Waals surface area (Å²) in [6.07, 6.45) is 6.34. The highest BCUT2D eigenvalue weighted by molar-refractivity contribution is 5.44. The molecule has 1 aromatic carbocycles. The van der Waals surface area contributed by atoms with Crippen molar-refractivity contribution < 1.29 is 9.47 Å². The van der Waals surface area contributed by atoms with Crippen LogP contribution in [0.1, 0.15) is 45.1 Å². The van der Waals surface area contributed by atoms with E-state index >= 15 is 0 Å². The highest BCUT2D eigenvalue weighted by Gasteiger charge is 2.09. The van der Waals surface area contributed by atoms with Crippen LogP contribution < -0.4 is 9.47 Å². The summed E-state index contributed by atoms with van der Waals surface area (Å²) in [7, 11) is 1.69. The summed E-state index contributed by atoms with van der Waals surface area (Å²) in [4.78, 5) is 0. The van der Waals surface area contributed by atoms with Crippen LogP contribution in [0, 0.1) is 0 Å². The largest absolute Gasteiger partial charge is 0.493 e. The number of hydrogen-bond acceptors (Lipinski definition) is 2. The number of allylic oxidation sites excluding steroid dienone is 2. The van der Waals surface area contributed by atoms with Crippen LogP contribution in [0.2, 0.25) is 0 Å². The number of ether oxygens (including phenoxy) is 2. The molecule has 1 unspecified atom stereocenters. The molecule has 1 atom stereocenters. The van der Waals surface area contributed by atoms with Gasteiger partial charge in [-0.3, -0.25) is 0 Å². The van der Waals surface area contributed by atoms with Crippen LogP contribution in [0.4, 0.5) is 0 Å². The lowest BCUT2D eigenvalue weighted by atomic mass is 9.97. The number of benzene rings is 1. The molecule has 1 aromatic rings. The van der Waals surface area contributed by atoms with Gasteiger partial charge in [-0.2, -0.15) is 0 Å². The van der Waals surface area contributed by atoms with E-state index in [4.69, 9.17) is 9.47 Å². The third kappa shape index (κ3) is 4.10. The zero-order valence-corrected chi connectivity index (χ0v) is 11.9. The maximum absolute atomic E-state index is 5.65. The first-order valence-corrected chi connectivity index (χ1v) is 6.64. The molecule has 0 saturated heterocycles. The summed E-state index contributed by atoms with van der Waals surface area (Å²) < 4.78 is 11.0. The monoisotopic (exact) mass is 248 g/mol. The molecule has 2 nitrogen and oxygen atoms in total. The van der Waals surface area contributed by atoms with E-state index < -0.39 is 0 Å². The molecule has 0 amide bonds. The van der Waals surface area contributed by atoms with Gasteiger partial charge in [-0.05, 0) is 43.4 Å². The minimum absolute atomic E-state index is 0.496. The third-order valence-electron chi connectivity index (χ3n) is 2.94. The van der Waals surface area contributed by atoms with E-state index in [-0.39, 0.29) is 0 Å². The second-order valence-electron chi connectivity index (χ2n) is 4.46. The van der Waals surface area contributed by atoms with E-state index in [9.17, 15) is 0 Å². The van der Waals surface area contributed by atoms with E-state index in [0.29, 0.717) is 5.92 Å². The normalized spacial score (nSPS) is 12.7. The molecule has 0 heterocycles. The summed E-state index contributed by atoms with van der Waals surface area (Å²) in [6, 6.07) is 6.22. The second kappa shape index (κ2) is 7.80. The molecule has 0 N–H and O–H groups in total. The Morgan fingerprint density at radius 2 is 2.06 bits per heavy atom. The van der Waals surface area contributed by atoms with Gasteiger partial charge in [0.1, 0.15) is 0 Å². The lowest BCUT2D eigenvalue weighted by molar-refractivity contribution is 0.294. The molecule has 0 aliphatic carbocycles. The molecule has 0 radical (unpaired) electrons. The van der Waals surface area contributed by atoms with Gasteiger partial charge in [0, 0.05) is 0 Å². The molecule has 0 aliphatic rings. The third-order valence-corrected chi connectivity index (χ3v) is 2.94. The van der Waals surface area contributed by atoms with Crippen molar-refractivity contribution in [2.24, 2.45) is 0 Å². The first-order valence-electron chi connectivity index (χ1n) is 6.64. The number of rotatable bonds is 7. The summed E-state index contributed by atoms with van der Waals surface area (Å²) in [6.45, 7) is 7.10. The molecule has 0 bridgehead atoms. The van der Waals surface area contributed by atoms with E-state index in [1.54, 1.807) is 7.11 Å². The van der Waals surface area contributed by atoms with Crippen molar-refractivity contribution in [3.63, 3.8) is 0 Å². The molecule has 2 heteroatoms. The fraction of sp³-hybridized carbons (Fsp3) is 0.500. The Hall–Kier alpha value is -1.44. The predicted octanol–water partition coefficient (Wildman–Crippen LogP) is 4.55. The molecule has 0 saturated carbocycles. The zero-order valence-electron chi connectivity index (χ0n) is 11.9. The zero-order chi connectivity index (χ0) is 13.4. The predicted molar refractivity (Wildman–Crippen MR) is 76.6 cm³/mol. The minimum Gasteiger partial charge on any atom is -0.493 e. The maximum atomic E-state index is 5.65. The molecule has 0 aliphatic heterocycles. The lowest BCUT2D eigenvalue weighted by Crippen LogP contribution is -1.99. The Labute approximate surface area is 111 Å². The van der Waals surface area contributed by atoms with Crippen LogP contribution in [-0.4, -0.2) is 13.7 Å². The molecule has 0 spiro atoms. The standard InChI is InChI=1S/C16H24O2/c1-5-7-8-13(3)14-9-10-15(18-11-6-2)16(12-14)17-4/h5,7,9-10,12-13H,6,8,11H2,1-4H3/b7-5-. The van der Waals surface area contributed by atoms with Crippen molar-refractivity contribution in [3.8, 4) is 11.5 Å². The highest BCUT2D eigenvalue weighted by atomic mass is 16.5. The first-order chi connectivity index (χ1) is 8.72. The maximum Gasteiger partial charge on any atom is 0.161 e. The Kier molecular flexibility index (Phi) is 6.34. The molecule has 1 rings (SSSR count). The quantitative estimate of drug-likeness (QED) is 0.659. The molecule has 0 aromatic heterocycles.